The number of hydrogen-bond donors (Lipinski definition) is 2. The van der Waals surface area contributed by atoms with Crippen LogP contribution >= 0.6 is 27.7 Å². The predicted molar refractivity (Wildman–Crippen MR) is 80.5 cm³/mol. The summed E-state index contributed by atoms with van der Waals surface area (Å²) in [6.07, 6.45) is 1.37. The molecule has 1 heterocycles. The highest BCUT2D eigenvalue weighted by Gasteiger charge is 2.13. The van der Waals surface area contributed by atoms with Gasteiger partial charge in [0.2, 0.25) is 5.91 Å². The van der Waals surface area contributed by atoms with Crippen LogP contribution in [0.5, 0.6) is 0 Å². The first-order valence-electron chi connectivity index (χ1n) is 5.62. The minimum Gasteiger partial charge on any atom is -0.459 e. The van der Waals surface area contributed by atoms with Crippen LogP contribution in [-0.2, 0) is 4.79 Å². The van der Waals surface area contributed by atoms with Crippen molar-refractivity contribution in [1.29, 1.82) is 0 Å². The van der Waals surface area contributed by atoms with Gasteiger partial charge in [0, 0.05) is 15.1 Å². The van der Waals surface area contributed by atoms with Gasteiger partial charge in [-0.2, -0.15) is 0 Å². The first kappa shape index (κ1) is 14.7. The maximum atomic E-state index is 11.7. The van der Waals surface area contributed by atoms with Gasteiger partial charge in [-0.25, -0.2) is 0 Å². The van der Waals surface area contributed by atoms with Crippen LogP contribution in [0.3, 0.4) is 0 Å². The zero-order valence-corrected chi connectivity index (χ0v) is 12.7. The molecule has 2 rings (SSSR count). The van der Waals surface area contributed by atoms with E-state index in [1.807, 2.05) is 12.1 Å². The van der Waals surface area contributed by atoms with Gasteiger partial charge in [-0.05, 0) is 30.3 Å². The molecule has 0 radical (unpaired) electrons. The Labute approximate surface area is 128 Å². The van der Waals surface area contributed by atoms with Gasteiger partial charge in [0.15, 0.2) is 5.76 Å². The molecule has 0 unspecified atom stereocenters. The SMILES string of the molecule is Nc1ccc(Br)cc1SCC(=O)NC(=O)c1ccco1. The van der Waals surface area contributed by atoms with E-state index in [1.165, 1.54) is 24.1 Å². The molecule has 0 spiro atoms. The molecule has 5 nitrogen and oxygen atoms in total. The van der Waals surface area contributed by atoms with Gasteiger partial charge < -0.3 is 10.2 Å². The van der Waals surface area contributed by atoms with Crippen LogP contribution in [0.15, 0.2) is 50.4 Å². The summed E-state index contributed by atoms with van der Waals surface area (Å²) in [5.74, 6) is -0.767. The lowest BCUT2D eigenvalue weighted by molar-refractivity contribution is -0.117. The zero-order chi connectivity index (χ0) is 14.5. The highest BCUT2D eigenvalue weighted by atomic mass is 79.9. The second-order valence-corrected chi connectivity index (χ2v) is 5.76. The monoisotopic (exact) mass is 354 g/mol. The second kappa shape index (κ2) is 6.62. The van der Waals surface area contributed by atoms with Crippen LogP contribution in [0.4, 0.5) is 5.69 Å². The highest BCUT2D eigenvalue weighted by Crippen LogP contribution is 2.27. The molecule has 2 aromatic rings. The molecule has 0 aliphatic carbocycles. The van der Waals surface area contributed by atoms with Crippen molar-refractivity contribution in [2.24, 2.45) is 0 Å². The molecule has 0 aliphatic rings. The van der Waals surface area contributed by atoms with Gasteiger partial charge in [-0.15, -0.1) is 11.8 Å². The molecule has 0 fully saturated rings. The molecule has 0 saturated carbocycles. The number of anilines is 1. The predicted octanol–water partition coefficient (Wildman–Crippen LogP) is 2.67. The summed E-state index contributed by atoms with van der Waals surface area (Å²) in [6, 6.07) is 8.46. The van der Waals surface area contributed by atoms with E-state index in [0.29, 0.717) is 5.69 Å². The number of halogens is 1. The van der Waals surface area contributed by atoms with Gasteiger partial charge in [0.25, 0.3) is 5.91 Å². The van der Waals surface area contributed by atoms with Gasteiger partial charge in [-0.3, -0.25) is 14.9 Å². The summed E-state index contributed by atoms with van der Waals surface area (Å²) in [7, 11) is 0. The lowest BCUT2D eigenvalue weighted by Crippen LogP contribution is -2.31. The minimum absolute atomic E-state index is 0.0904. The van der Waals surface area contributed by atoms with Gasteiger partial charge >= 0.3 is 0 Å². The summed E-state index contributed by atoms with van der Waals surface area (Å²) < 4.78 is 5.77. The summed E-state index contributed by atoms with van der Waals surface area (Å²) >= 11 is 4.59. The molecular weight excluding hydrogens is 344 g/mol. The molecule has 0 aliphatic heterocycles. The molecule has 3 N–H and O–H groups in total. The topological polar surface area (TPSA) is 85.3 Å². The van der Waals surface area contributed by atoms with Crippen LogP contribution in [0.1, 0.15) is 10.6 Å². The van der Waals surface area contributed by atoms with Crippen LogP contribution in [0, 0.1) is 0 Å². The minimum atomic E-state index is -0.553. The number of hydrogen-bond acceptors (Lipinski definition) is 5. The molecule has 1 aromatic heterocycles. The van der Waals surface area contributed by atoms with Crippen LogP contribution < -0.4 is 11.1 Å². The van der Waals surface area contributed by atoms with E-state index in [4.69, 9.17) is 10.2 Å². The van der Waals surface area contributed by atoms with Crippen molar-refractivity contribution in [3.05, 3.63) is 46.8 Å². The lowest BCUT2D eigenvalue weighted by Gasteiger charge is -2.06. The zero-order valence-electron chi connectivity index (χ0n) is 10.3. The number of carbonyl (C=O) groups excluding carboxylic acids is 2. The number of benzene rings is 1. The normalized spacial score (nSPS) is 10.2. The first-order valence-corrected chi connectivity index (χ1v) is 7.39. The van der Waals surface area contributed by atoms with E-state index in [0.717, 1.165) is 9.37 Å². The van der Waals surface area contributed by atoms with E-state index in [1.54, 1.807) is 12.1 Å². The quantitative estimate of drug-likeness (QED) is 0.651. The molecule has 104 valence electrons. The van der Waals surface area contributed by atoms with Crippen molar-refractivity contribution in [3.8, 4) is 0 Å². The molecule has 20 heavy (non-hydrogen) atoms. The van der Waals surface area contributed by atoms with Gasteiger partial charge in [-0.1, -0.05) is 15.9 Å². The Morgan fingerprint density at radius 3 is 2.85 bits per heavy atom. The smallest absolute Gasteiger partial charge is 0.293 e. The van der Waals surface area contributed by atoms with Crippen molar-refractivity contribution in [2.45, 2.75) is 4.90 Å². The van der Waals surface area contributed by atoms with Crippen LogP contribution in [0.25, 0.3) is 0 Å². The van der Waals surface area contributed by atoms with E-state index in [9.17, 15) is 9.59 Å². The third-order valence-electron chi connectivity index (χ3n) is 2.33. The van der Waals surface area contributed by atoms with Crippen LogP contribution in [-0.4, -0.2) is 17.6 Å². The molecule has 0 saturated heterocycles. The number of nitrogens with one attached hydrogen (secondary N) is 1. The Kier molecular flexibility index (Phi) is 4.86. The lowest BCUT2D eigenvalue weighted by atomic mass is 10.3. The first-order chi connectivity index (χ1) is 9.56. The van der Waals surface area contributed by atoms with Gasteiger partial charge in [0.05, 0.1) is 12.0 Å². The Balaban J connectivity index is 1.89. The van der Waals surface area contributed by atoms with E-state index < -0.39 is 11.8 Å². The molecule has 0 atom stereocenters. The van der Waals surface area contributed by atoms with E-state index in [2.05, 4.69) is 21.2 Å². The highest BCUT2D eigenvalue weighted by molar-refractivity contribution is 9.10. The Bertz CT molecular complexity index is 629. The van der Waals surface area contributed by atoms with Crippen molar-refractivity contribution in [1.82, 2.24) is 5.32 Å². The van der Waals surface area contributed by atoms with Gasteiger partial charge in [0.1, 0.15) is 0 Å². The molecule has 7 heteroatoms. The third-order valence-corrected chi connectivity index (χ3v) is 3.90. The van der Waals surface area contributed by atoms with Crippen molar-refractivity contribution >= 4 is 45.2 Å². The average Bonchev–Trinajstić information content (AvgIpc) is 2.94. The number of carbonyl (C=O) groups is 2. The molecule has 1 aromatic carbocycles. The standard InChI is InChI=1S/C13H11BrN2O3S/c14-8-3-4-9(15)11(6-8)20-7-12(17)16-13(18)10-2-1-5-19-10/h1-6H,7,15H2,(H,16,17,18). The fourth-order valence-corrected chi connectivity index (χ4v) is 2.72. The number of amides is 2. The second-order valence-electron chi connectivity index (χ2n) is 3.83. The fourth-order valence-electron chi connectivity index (χ4n) is 1.41. The van der Waals surface area contributed by atoms with Crippen LogP contribution in [0.2, 0.25) is 0 Å². The Morgan fingerprint density at radius 1 is 1.35 bits per heavy atom. The number of thioether (sulfide) groups is 1. The summed E-state index contributed by atoms with van der Waals surface area (Å²) in [5.41, 5.74) is 6.39. The summed E-state index contributed by atoms with van der Waals surface area (Å²) in [5, 5.41) is 2.24. The molecule has 2 amide bonds. The number of nitrogen functional groups attached to an aromatic ring is 1. The Hall–Kier alpha value is -1.73. The third kappa shape index (κ3) is 3.88. The molecule has 0 bridgehead atoms. The Morgan fingerprint density at radius 2 is 2.15 bits per heavy atom. The summed E-state index contributed by atoms with van der Waals surface area (Å²) in [6.45, 7) is 0. The number of furan rings is 1. The number of imide groups is 1. The van der Waals surface area contributed by atoms with E-state index in [-0.39, 0.29) is 11.5 Å². The van der Waals surface area contributed by atoms with E-state index >= 15 is 0 Å². The largest absolute Gasteiger partial charge is 0.459 e. The maximum absolute atomic E-state index is 11.7. The average molecular weight is 355 g/mol. The maximum Gasteiger partial charge on any atom is 0.293 e. The van der Waals surface area contributed by atoms with Crippen molar-refractivity contribution < 1.29 is 14.0 Å². The van der Waals surface area contributed by atoms with Crippen molar-refractivity contribution in [3.63, 3.8) is 0 Å². The molecular formula is C13H11BrN2O3S. The van der Waals surface area contributed by atoms with Crippen molar-refractivity contribution in [2.75, 3.05) is 11.5 Å². The summed E-state index contributed by atoms with van der Waals surface area (Å²) in [4.78, 5) is 24.0. The fraction of sp³-hybridized carbons (Fsp3) is 0.0769. The number of nitrogens with two attached hydrogens (primary N) is 1. The number of rotatable bonds is 4.